The average Bonchev–Trinajstić information content (AvgIpc) is 2.90. The summed E-state index contributed by atoms with van der Waals surface area (Å²) in [5, 5.41) is 23.8. The number of nitrogens with one attached hydrogen (secondary N) is 1. The third-order valence-corrected chi connectivity index (χ3v) is 6.77. The molecule has 0 radical (unpaired) electrons. The van der Waals surface area contributed by atoms with Crippen molar-refractivity contribution in [1.29, 1.82) is 10.5 Å². The minimum atomic E-state index is -0.736. The van der Waals surface area contributed by atoms with Gasteiger partial charge in [-0.3, -0.25) is 0 Å². The Morgan fingerprint density at radius 1 is 1.03 bits per heavy atom. The third kappa shape index (κ3) is 6.52. The molecule has 2 unspecified atom stereocenters. The van der Waals surface area contributed by atoms with Crippen molar-refractivity contribution >= 4 is 17.6 Å². The van der Waals surface area contributed by atoms with E-state index in [9.17, 15) is 15.3 Å². The Hall–Kier alpha value is -3.64. The number of methoxy groups -OCH3 is 1. The monoisotopic (exact) mass is 499 g/mol. The number of carbonyl (C=O) groups excluding carboxylic acids is 1. The van der Waals surface area contributed by atoms with Crippen LogP contribution in [0.2, 0.25) is 5.02 Å². The van der Waals surface area contributed by atoms with E-state index < -0.39 is 11.4 Å². The van der Waals surface area contributed by atoms with Crippen LogP contribution >= 0.6 is 11.6 Å². The van der Waals surface area contributed by atoms with Crippen molar-refractivity contribution in [2.75, 3.05) is 7.11 Å². The molecule has 0 amide bonds. The van der Waals surface area contributed by atoms with Crippen molar-refractivity contribution in [1.82, 2.24) is 5.32 Å². The topological polar surface area (TPSA) is 85.9 Å². The smallest absolute Gasteiger partial charge is 0.337 e. The second kappa shape index (κ2) is 11.9. The van der Waals surface area contributed by atoms with E-state index in [1.165, 1.54) is 7.11 Å². The zero-order valence-corrected chi connectivity index (χ0v) is 21.7. The summed E-state index contributed by atoms with van der Waals surface area (Å²) < 4.78 is 4.81. The highest BCUT2D eigenvalue weighted by Gasteiger charge is 2.34. The fraction of sp³-hybridized carbons (Fsp3) is 0.300. The minimum Gasteiger partial charge on any atom is -0.465 e. The molecule has 0 fully saturated rings. The van der Waals surface area contributed by atoms with Crippen LogP contribution in [0.5, 0.6) is 0 Å². The number of nitrogens with zero attached hydrogens (tertiary/aromatic N) is 2. The van der Waals surface area contributed by atoms with Gasteiger partial charge in [0.25, 0.3) is 0 Å². The van der Waals surface area contributed by atoms with Crippen LogP contribution < -0.4 is 5.32 Å². The van der Waals surface area contributed by atoms with Crippen LogP contribution in [0.15, 0.2) is 72.8 Å². The SMILES string of the molecule is COC(=O)c1ccc([C@H](NC(C)C(Cc2ccc(Cl)cc2)c2cccc(C#N)c2)C(C)(C)C#N)cc1. The lowest BCUT2D eigenvalue weighted by Crippen LogP contribution is -2.42. The highest BCUT2D eigenvalue weighted by atomic mass is 35.5. The van der Waals surface area contributed by atoms with Gasteiger partial charge in [0.05, 0.1) is 41.8 Å². The van der Waals surface area contributed by atoms with Gasteiger partial charge in [0.15, 0.2) is 0 Å². The molecule has 0 saturated carbocycles. The largest absolute Gasteiger partial charge is 0.465 e. The molecule has 36 heavy (non-hydrogen) atoms. The maximum Gasteiger partial charge on any atom is 0.337 e. The number of benzene rings is 3. The number of hydrogen-bond donors (Lipinski definition) is 1. The maximum atomic E-state index is 11.9. The molecule has 0 saturated heterocycles. The average molecular weight is 500 g/mol. The molecular weight excluding hydrogens is 470 g/mol. The van der Waals surface area contributed by atoms with Gasteiger partial charge in [-0.1, -0.05) is 48.0 Å². The first-order valence-corrected chi connectivity index (χ1v) is 12.2. The molecule has 0 aromatic heterocycles. The lowest BCUT2D eigenvalue weighted by molar-refractivity contribution is 0.0600. The van der Waals surface area contributed by atoms with Gasteiger partial charge in [-0.05, 0) is 80.3 Å². The van der Waals surface area contributed by atoms with Crippen molar-refractivity contribution in [3.05, 3.63) is 106 Å². The Balaban J connectivity index is 1.98. The fourth-order valence-corrected chi connectivity index (χ4v) is 4.52. The summed E-state index contributed by atoms with van der Waals surface area (Å²) in [4.78, 5) is 11.9. The second-order valence-corrected chi connectivity index (χ2v) is 9.95. The van der Waals surface area contributed by atoms with Gasteiger partial charge in [0.2, 0.25) is 0 Å². The van der Waals surface area contributed by atoms with Crippen LogP contribution in [0.1, 0.15) is 65.3 Å². The van der Waals surface area contributed by atoms with Crippen molar-refractivity contribution < 1.29 is 9.53 Å². The van der Waals surface area contributed by atoms with E-state index in [4.69, 9.17) is 16.3 Å². The van der Waals surface area contributed by atoms with E-state index in [2.05, 4.69) is 24.4 Å². The summed E-state index contributed by atoms with van der Waals surface area (Å²) in [6.07, 6.45) is 0.723. The van der Waals surface area contributed by atoms with Gasteiger partial charge >= 0.3 is 5.97 Å². The Kier molecular flexibility index (Phi) is 8.88. The summed E-state index contributed by atoms with van der Waals surface area (Å²) in [5.74, 6) is -0.384. The second-order valence-electron chi connectivity index (χ2n) is 9.51. The molecule has 0 aliphatic carbocycles. The van der Waals surface area contributed by atoms with Gasteiger partial charge in [-0.15, -0.1) is 0 Å². The van der Waals surface area contributed by atoms with E-state index in [-0.39, 0.29) is 18.0 Å². The number of esters is 1. The van der Waals surface area contributed by atoms with E-state index in [1.807, 2.05) is 68.4 Å². The molecule has 0 heterocycles. The van der Waals surface area contributed by atoms with Gasteiger partial charge in [0.1, 0.15) is 0 Å². The standard InChI is InChI=1S/C30H30ClN3O2/c1-20(34-28(30(2,3)19-33)23-10-12-24(13-11-23)29(35)36-4)27(17-21-8-14-26(31)15-9-21)25-7-5-6-22(16-25)18-32/h5-16,20,27-28,34H,17H2,1-4H3/t20?,27?,28-/m0/s1. The summed E-state index contributed by atoms with van der Waals surface area (Å²) >= 11 is 6.10. The van der Waals surface area contributed by atoms with Crippen LogP contribution in [-0.4, -0.2) is 19.1 Å². The van der Waals surface area contributed by atoms with Crippen molar-refractivity contribution in [2.45, 2.75) is 45.2 Å². The minimum absolute atomic E-state index is 0.0193. The Morgan fingerprint density at radius 3 is 2.28 bits per heavy atom. The van der Waals surface area contributed by atoms with Crippen LogP contribution in [-0.2, 0) is 11.2 Å². The van der Waals surface area contributed by atoms with Crippen LogP contribution in [0.4, 0.5) is 0 Å². The molecule has 184 valence electrons. The molecule has 0 bridgehead atoms. The predicted molar refractivity (Wildman–Crippen MR) is 142 cm³/mol. The predicted octanol–water partition coefficient (Wildman–Crippen LogP) is 6.59. The van der Waals surface area contributed by atoms with Crippen molar-refractivity contribution in [2.24, 2.45) is 5.41 Å². The summed E-state index contributed by atoms with van der Waals surface area (Å²) in [7, 11) is 1.35. The van der Waals surface area contributed by atoms with Crippen LogP contribution in [0.25, 0.3) is 0 Å². The number of nitriles is 2. The highest BCUT2D eigenvalue weighted by Crippen LogP contribution is 2.36. The quantitative estimate of drug-likeness (QED) is 0.335. The first-order chi connectivity index (χ1) is 17.2. The zero-order chi connectivity index (χ0) is 26.3. The molecule has 1 N–H and O–H groups in total. The number of hydrogen-bond acceptors (Lipinski definition) is 5. The Morgan fingerprint density at radius 2 is 1.69 bits per heavy atom. The molecule has 5 nitrogen and oxygen atoms in total. The van der Waals surface area contributed by atoms with E-state index in [0.717, 1.165) is 23.1 Å². The van der Waals surface area contributed by atoms with Gasteiger partial charge in [0, 0.05) is 17.0 Å². The van der Waals surface area contributed by atoms with Crippen LogP contribution in [0.3, 0.4) is 0 Å². The normalized spacial score (nSPS) is 13.6. The van der Waals surface area contributed by atoms with Gasteiger partial charge in [-0.2, -0.15) is 10.5 Å². The number of carbonyl (C=O) groups is 1. The van der Waals surface area contributed by atoms with Crippen LogP contribution in [0, 0.1) is 28.1 Å². The molecule has 3 aromatic rings. The summed E-state index contributed by atoms with van der Waals surface area (Å²) in [6.45, 7) is 5.90. The number of ether oxygens (including phenoxy) is 1. The van der Waals surface area contributed by atoms with E-state index in [1.54, 1.807) is 18.2 Å². The zero-order valence-electron chi connectivity index (χ0n) is 21.0. The molecule has 3 rings (SSSR count). The number of halogens is 1. The lowest BCUT2D eigenvalue weighted by atomic mass is 9.79. The maximum absolute atomic E-state index is 11.9. The molecule has 6 heteroatoms. The molecule has 0 aliphatic rings. The Labute approximate surface area is 218 Å². The lowest BCUT2D eigenvalue weighted by Gasteiger charge is -2.36. The van der Waals surface area contributed by atoms with Crippen molar-refractivity contribution in [3.63, 3.8) is 0 Å². The Bertz CT molecular complexity index is 1270. The first-order valence-electron chi connectivity index (χ1n) is 11.8. The molecule has 0 spiro atoms. The first kappa shape index (κ1) is 27.0. The third-order valence-electron chi connectivity index (χ3n) is 6.52. The highest BCUT2D eigenvalue weighted by molar-refractivity contribution is 6.30. The molecule has 3 aromatic carbocycles. The van der Waals surface area contributed by atoms with E-state index >= 15 is 0 Å². The molecule has 0 aliphatic heterocycles. The summed E-state index contributed by atoms with van der Waals surface area (Å²) in [6, 6.07) is 26.9. The van der Waals surface area contributed by atoms with Gasteiger partial charge < -0.3 is 10.1 Å². The molecule has 3 atom stereocenters. The number of rotatable bonds is 9. The molecular formula is C30H30ClN3O2. The fourth-order valence-electron chi connectivity index (χ4n) is 4.39. The summed E-state index contributed by atoms with van der Waals surface area (Å²) in [5.41, 5.74) is 3.39. The van der Waals surface area contributed by atoms with Gasteiger partial charge in [-0.25, -0.2) is 4.79 Å². The van der Waals surface area contributed by atoms with E-state index in [0.29, 0.717) is 16.1 Å². The van der Waals surface area contributed by atoms with Crippen molar-refractivity contribution in [3.8, 4) is 12.1 Å².